The normalized spacial score (nSPS) is 24.2. The van der Waals surface area contributed by atoms with Crippen LogP contribution >= 0.6 is 0 Å². The van der Waals surface area contributed by atoms with Crippen molar-refractivity contribution in [2.24, 2.45) is 5.73 Å². The van der Waals surface area contributed by atoms with Crippen molar-refractivity contribution in [3.8, 4) is 0 Å². The monoisotopic (exact) mass is 220 g/mol. The smallest absolute Gasteiger partial charge is 0.0667 e. The Balaban J connectivity index is 2.10. The van der Waals surface area contributed by atoms with Crippen LogP contribution in [-0.2, 0) is 0 Å². The van der Waals surface area contributed by atoms with Crippen molar-refractivity contribution in [1.29, 1.82) is 0 Å². The van der Waals surface area contributed by atoms with E-state index in [1.54, 1.807) is 0 Å². The third-order valence-electron chi connectivity index (χ3n) is 3.28. The van der Waals surface area contributed by atoms with E-state index in [1.807, 2.05) is 18.2 Å². The van der Waals surface area contributed by atoms with Gasteiger partial charge in [-0.3, -0.25) is 4.90 Å². The number of rotatable bonds is 3. The molecule has 1 fully saturated rings. The Morgan fingerprint density at radius 2 is 2.12 bits per heavy atom. The Bertz CT molecular complexity index is 315. The van der Waals surface area contributed by atoms with Crippen molar-refractivity contribution in [3.63, 3.8) is 0 Å². The summed E-state index contributed by atoms with van der Waals surface area (Å²) in [5.74, 6) is 0. The topological polar surface area (TPSA) is 49.5 Å². The summed E-state index contributed by atoms with van der Waals surface area (Å²) in [4.78, 5) is 2.30. The number of benzene rings is 1. The van der Waals surface area contributed by atoms with Crippen LogP contribution in [0.25, 0.3) is 0 Å². The van der Waals surface area contributed by atoms with Crippen molar-refractivity contribution in [3.05, 3.63) is 35.9 Å². The third-order valence-corrected chi connectivity index (χ3v) is 3.28. The second-order valence-electron chi connectivity index (χ2n) is 4.45. The van der Waals surface area contributed by atoms with Gasteiger partial charge in [0.2, 0.25) is 0 Å². The standard InChI is InChI=1S/C13H20N2O/c14-9-13(11-5-2-1-3-6-11)15-8-4-7-12(16)10-15/h1-3,5-6,12-13,16H,4,7-10,14H2. The van der Waals surface area contributed by atoms with E-state index in [4.69, 9.17) is 5.73 Å². The summed E-state index contributed by atoms with van der Waals surface area (Å²) in [6.07, 6.45) is 1.79. The molecule has 0 radical (unpaired) electrons. The van der Waals surface area contributed by atoms with Crippen LogP contribution in [0.4, 0.5) is 0 Å². The lowest BCUT2D eigenvalue weighted by atomic mass is 10.0. The largest absolute Gasteiger partial charge is 0.392 e. The predicted octanol–water partition coefficient (Wildman–Crippen LogP) is 1.14. The highest BCUT2D eigenvalue weighted by molar-refractivity contribution is 5.19. The molecule has 0 spiro atoms. The minimum Gasteiger partial charge on any atom is -0.392 e. The SMILES string of the molecule is NCC(c1ccccc1)N1CCCC(O)C1. The van der Waals surface area contributed by atoms with Gasteiger partial charge in [0.1, 0.15) is 0 Å². The fourth-order valence-electron chi connectivity index (χ4n) is 2.44. The molecule has 0 amide bonds. The van der Waals surface area contributed by atoms with Crippen molar-refractivity contribution in [2.45, 2.75) is 25.0 Å². The van der Waals surface area contributed by atoms with E-state index in [1.165, 1.54) is 5.56 Å². The van der Waals surface area contributed by atoms with E-state index in [9.17, 15) is 5.11 Å². The molecule has 0 aromatic heterocycles. The number of aliphatic hydroxyl groups excluding tert-OH is 1. The first kappa shape index (κ1) is 11.6. The molecule has 0 bridgehead atoms. The first-order chi connectivity index (χ1) is 7.81. The number of aliphatic hydroxyl groups is 1. The molecule has 1 aliphatic rings. The average Bonchev–Trinajstić information content (AvgIpc) is 2.31. The summed E-state index contributed by atoms with van der Waals surface area (Å²) in [7, 11) is 0. The van der Waals surface area contributed by atoms with Crippen molar-refractivity contribution < 1.29 is 5.11 Å². The van der Waals surface area contributed by atoms with Gasteiger partial charge in [-0.15, -0.1) is 0 Å². The zero-order valence-corrected chi connectivity index (χ0v) is 9.55. The molecule has 1 heterocycles. The summed E-state index contributed by atoms with van der Waals surface area (Å²) >= 11 is 0. The minimum absolute atomic E-state index is 0.188. The summed E-state index contributed by atoms with van der Waals surface area (Å²) in [5, 5.41) is 9.69. The molecule has 88 valence electrons. The maximum absolute atomic E-state index is 9.69. The van der Waals surface area contributed by atoms with E-state index in [0.717, 1.165) is 25.9 Å². The highest BCUT2D eigenvalue weighted by atomic mass is 16.3. The number of likely N-dealkylation sites (tertiary alicyclic amines) is 1. The summed E-state index contributed by atoms with van der Waals surface area (Å²) in [6.45, 7) is 2.39. The van der Waals surface area contributed by atoms with Gasteiger partial charge in [-0.05, 0) is 24.9 Å². The third kappa shape index (κ3) is 2.61. The zero-order chi connectivity index (χ0) is 11.4. The fraction of sp³-hybridized carbons (Fsp3) is 0.538. The number of hydrogen-bond donors (Lipinski definition) is 2. The van der Waals surface area contributed by atoms with Crippen LogP contribution in [0.3, 0.4) is 0 Å². The molecule has 1 aromatic rings. The molecular weight excluding hydrogens is 200 g/mol. The van der Waals surface area contributed by atoms with Crippen LogP contribution in [-0.4, -0.2) is 35.7 Å². The Hall–Kier alpha value is -0.900. The number of β-amino-alcohol motifs (C(OH)–C–C–N with tert-alkyl or cyclic N) is 1. The number of nitrogens with two attached hydrogens (primary N) is 1. The molecule has 3 N–H and O–H groups in total. The molecule has 16 heavy (non-hydrogen) atoms. The second-order valence-corrected chi connectivity index (χ2v) is 4.45. The van der Waals surface area contributed by atoms with Gasteiger partial charge in [0.05, 0.1) is 6.10 Å². The lowest BCUT2D eigenvalue weighted by molar-refractivity contribution is 0.0480. The predicted molar refractivity (Wildman–Crippen MR) is 65.1 cm³/mol. The molecule has 1 saturated heterocycles. The Morgan fingerprint density at radius 3 is 2.75 bits per heavy atom. The van der Waals surface area contributed by atoms with E-state index in [-0.39, 0.29) is 12.1 Å². The summed E-state index contributed by atoms with van der Waals surface area (Å²) in [5.41, 5.74) is 7.11. The van der Waals surface area contributed by atoms with Gasteiger partial charge in [0.25, 0.3) is 0 Å². The first-order valence-electron chi connectivity index (χ1n) is 5.98. The molecule has 1 aromatic carbocycles. The van der Waals surface area contributed by atoms with Gasteiger partial charge in [-0.1, -0.05) is 30.3 Å². The molecule has 3 nitrogen and oxygen atoms in total. The van der Waals surface area contributed by atoms with Crippen LogP contribution in [0.5, 0.6) is 0 Å². The number of piperidine rings is 1. The van der Waals surface area contributed by atoms with Gasteiger partial charge in [0.15, 0.2) is 0 Å². The van der Waals surface area contributed by atoms with Crippen LogP contribution in [0, 0.1) is 0 Å². The molecule has 2 unspecified atom stereocenters. The maximum atomic E-state index is 9.69. The lowest BCUT2D eigenvalue weighted by Gasteiger charge is -2.36. The second kappa shape index (κ2) is 5.43. The van der Waals surface area contributed by atoms with Gasteiger partial charge >= 0.3 is 0 Å². The Labute approximate surface area is 96.9 Å². The molecular formula is C13H20N2O. The van der Waals surface area contributed by atoms with Crippen LogP contribution in [0.2, 0.25) is 0 Å². The van der Waals surface area contributed by atoms with Gasteiger partial charge < -0.3 is 10.8 Å². The summed E-state index contributed by atoms with van der Waals surface area (Å²) in [6, 6.07) is 10.6. The highest BCUT2D eigenvalue weighted by Gasteiger charge is 2.24. The Morgan fingerprint density at radius 1 is 1.38 bits per heavy atom. The summed E-state index contributed by atoms with van der Waals surface area (Å²) < 4.78 is 0. The lowest BCUT2D eigenvalue weighted by Crippen LogP contribution is -2.43. The fourth-order valence-corrected chi connectivity index (χ4v) is 2.44. The van der Waals surface area contributed by atoms with Gasteiger partial charge in [-0.25, -0.2) is 0 Å². The van der Waals surface area contributed by atoms with Crippen LogP contribution < -0.4 is 5.73 Å². The number of nitrogens with zero attached hydrogens (tertiary/aromatic N) is 1. The Kier molecular flexibility index (Phi) is 3.93. The molecule has 0 saturated carbocycles. The molecule has 2 atom stereocenters. The van der Waals surface area contributed by atoms with Crippen molar-refractivity contribution >= 4 is 0 Å². The van der Waals surface area contributed by atoms with E-state index in [0.29, 0.717) is 6.54 Å². The van der Waals surface area contributed by atoms with E-state index < -0.39 is 0 Å². The van der Waals surface area contributed by atoms with Crippen LogP contribution in [0.1, 0.15) is 24.4 Å². The minimum atomic E-state index is -0.188. The first-order valence-corrected chi connectivity index (χ1v) is 5.98. The quantitative estimate of drug-likeness (QED) is 0.803. The van der Waals surface area contributed by atoms with Crippen molar-refractivity contribution in [2.75, 3.05) is 19.6 Å². The highest BCUT2D eigenvalue weighted by Crippen LogP contribution is 2.23. The van der Waals surface area contributed by atoms with E-state index >= 15 is 0 Å². The zero-order valence-electron chi connectivity index (χ0n) is 9.55. The van der Waals surface area contributed by atoms with Crippen molar-refractivity contribution in [1.82, 2.24) is 4.90 Å². The molecule has 2 rings (SSSR count). The van der Waals surface area contributed by atoms with Gasteiger partial charge in [-0.2, -0.15) is 0 Å². The van der Waals surface area contributed by atoms with Crippen LogP contribution in [0.15, 0.2) is 30.3 Å². The van der Waals surface area contributed by atoms with Gasteiger partial charge in [0, 0.05) is 19.1 Å². The molecule has 0 aliphatic carbocycles. The average molecular weight is 220 g/mol. The maximum Gasteiger partial charge on any atom is 0.0667 e. The van der Waals surface area contributed by atoms with E-state index in [2.05, 4.69) is 17.0 Å². The number of hydrogen-bond acceptors (Lipinski definition) is 3. The molecule has 1 aliphatic heterocycles. The molecule has 3 heteroatoms.